The molecule has 0 fully saturated rings. The molecule has 3 aromatic carbocycles. The normalized spacial score (nSPS) is 18.9. The van der Waals surface area contributed by atoms with Crippen molar-refractivity contribution < 1.29 is 19.4 Å². The van der Waals surface area contributed by atoms with Crippen LogP contribution in [0.15, 0.2) is 76.2 Å². The molecular formula is C27H25BrCl2N2O4. The number of aliphatic imine (C=N–C) groups is 1. The molecule has 188 valence electrons. The SMILES string of the molecule is CNC(=O)[C@]1(Cc2ccc(Br)cc2)N=C(c2ccc(OCCCO)cc2)O[C@@H]1c1ccc(Cl)cc1Cl. The van der Waals surface area contributed by atoms with Gasteiger partial charge in [-0.15, -0.1) is 0 Å². The molecule has 1 amide bonds. The lowest BCUT2D eigenvalue weighted by molar-refractivity contribution is -0.128. The van der Waals surface area contributed by atoms with E-state index in [0.29, 0.717) is 45.8 Å². The molecule has 3 aromatic rings. The molecule has 1 aliphatic rings. The number of likely N-dealkylation sites (N-methyl/N-ethyl adjacent to an activating group) is 1. The number of amides is 1. The Bertz CT molecular complexity index is 1250. The predicted octanol–water partition coefficient (Wildman–Crippen LogP) is 5.76. The first-order chi connectivity index (χ1) is 17.4. The van der Waals surface area contributed by atoms with Crippen molar-refractivity contribution in [2.24, 2.45) is 4.99 Å². The number of aliphatic hydroxyl groups excluding tert-OH is 1. The molecule has 9 heteroatoms. The fraction of sp³-hybridized carbons (Fsp3) is 0.259. The van der Waals surface area contributed by atoms with Crippen LogP contribution in [0.5, 0.6) is 5.75 Å². The lowest BCUT2D eigenvalue weighted by Gasteiger charge is -2.30. The summed E-state index contributed by atoms with van der Waals surface area (Å²) in [6.07, 6.45) is 0.0441. The number of hydrogen-bond donors (Lipinski definition) is 2. The van der Waals surface area contributed by atoms with Gasteiger partial charge in [0.15, 0.2) is 11.6 Å². The van der Waals surface area contributed by atoms with Crippen LogP contribution >= 0.6 is 39.1 Å². The highest BCUT2D eigenvalue weighted by Crippen LogP contribution is 2.45. The van der Waals surface area contributed by atoms with Crippen molar-refractivity contribution >= 4 is 50.9 Å². The van der Waals surface area contributed by atoms with Crippen molar-refractivity contribution in [3.8, 4) is 5.75 Å². The number of rotatable bonds is 9. The number of aliphatic hydroxyl groups is 1. The monoisotopic (exact) mass is 590 g/mol. The van der Waals surface area contributed by atoms with E-state index < -0.39 is 11.6 Å². The van der Waals surface area contributed by atoms with E-state index in [-0.39, 0.29) is 18.9 Å². The molecule has 0 spiro atoms. The number of hydrogen-bond acceptors (Lipinski definition) is 5. The van der Waals surface area contributed by atoms with Crippen LogP contribution in [0.2, 0.25) is 10.0 Å². The number of carbonyl (C=O) groups is 1. The molecule has 0 aliphatic carbocycles. The zero-order valence-electron chi connectivity index (χ0n) is 19.5. The molecule has 0 saturated heterocycles. The van der Waals surface area contributed by atoms with Crippen molar-refractivity contribution in [3.63, 3.8) is 0 Å². The fourth-order valence-electron chi connectivity index (χ4n) is 4.10. The van der Waals surface area contributed by atoms with Crippen molar-refractivity contribution in [2.45, 2.75) is 24.5 Å². The van der Waals surface area contributed by atoms with E-state index in [1.807, 2.05) is 36.4 Å². The molecule has 1 aliphatic heterocycles. The van der Waals surface area contributed by atoms with Gasteiger partial charge in [0.05, 0.1) is 6.61 Å². The van der Waals surface area contributed by atoms with Crippen molar-refractivity contribution in [3.05, 3.63) is 97.9 Å². The summed E-state index contributed by atoms with van der Waals surface area (Å²) in [5, 5.41) is 12.6. The molecule has 0 bridgehead atoms. The van der Waals surface area contributed by atoms with Gasteiger partial charge in [0.25, 0.3) is 5.91 Å². The second kappa shape index (κ2) is 11.6. The van der Waals surface area contributed by atoms with E-state index in [9.17, 15) is 4.79 Å². The maximum Gasteiger partial charge on any atom is 0.252 e. The van der Waals surface area contributed by atoms with Crippen LogP contribution in [0.3, 0.4) is 0 Å². The minimum atomic E-state index is -1.31. The van der Waals surface area contributed by atoms with Crippen LogP contribution in [0.4, 0.5) is 0 Å². The number of halogens is 3. The minimum Gasteiger partial charge on any atom is -0.494 e. The molecule has 6 nitrogen and oxygen atoms in total. The van der Waals surface area contributed by atoms with Crippen LogP contribution in [0.1, 0.15) is 29.2 Å². The number of nitrogens with one attached hydrogen (secondary N) is 1. The Labute approximate surface area is 228 Å². The lowest BCUT2D eigenvalue weighted by atomic mass is 9.82. The summed E-state index contributed by atoms with van der Waals surface area (Å²) in [5.41, 5.74) is 0.912. The smallest absolute Gasteiger partial charge is 0.252 e. The number of nitrogens with zero attached hydrogens (tertiary/aromatic N) is 1. The van der Waals surface area contributed by atoms with Gasteiger partial charge >= 0.3 is 0 Å². The Morgan fingerprint density at radius 3 is 2.50 bits per heavy atom. The zero-order chi connectivity index (χ0) is 25.7. The van der Waals surface area contributed by atoms with Gasteiger partial charge in [-0.25, -0.2) is 4.99 Å². The second-order valence-electron chi connectivity index (χ2n) is 8.34. The molecule has 2 N–H and O–H groups in total. The Balaban J connectivity index is 1.77. The van der Waals surface area contributed by atoms with Gasteiger partial charge in [0.1, 0.15) is 5.75 Å². The van der Waals surface area contributed by atoms with Crippen LogP contribution in [-0.4, -0.2) is 42.7 Å². The van der Waals surface area contributed by atoms with Gasteiger partial charge < -0.3 is 19.9 Å². The van der Waals surface area contributed by atoms with Crippen LogP contribution < -0.4 is 10.1 Å². The van der Waals surface area contributed by atoms with E-state index in [1.165, 1.54) is 0 Å². The summed E-state index contributed by atoms with van der Waals surface area (Å²) >= 11 is 16.2. The summed E-state index contributed by atoms with van der Waals surface area (Å²) < 4.78 is 13.0. The van der Waals surface area contributed by atoms with E-state index in [1.54, 1.807) is 37.4 Å². The summed E-state index contributed by atoms with van der Waals surface area (Å²) in [6, 6.07) is 20.1. The molecule has 2 atom stereocenters. The molecule has 4 rings (SSSR count). The van der Waals surface area contributed by atoms with Gasteiger partial charge in [-0.2, -0.15) is 0 Å². The van der Waals surface area contributed by atoms with Crippen LogP contribution in [-0.2, 0) is 16.0 Å². The number of carbonyl (C=O) groups excluding carboxylic acids is 1. The molecule has 36 heavy (non-hydrogen) atoms. The third kappa shape index (κ3) is 5.70. The highest BCUT2D eigenvalue weighted by molar-refractivity contribution is 9.10. The van der Waals surface area contributed by atoms with Gasteiger partial charge in [-0.05, 0) is 54.1 Å². The predicted molar refractivity (Wildman–Crippen MR) is 145 cm³/mol. The van der Waals surface area contributed by atoms with Gasteiger partial charge in [0.2, 0.25) is 5.90 Å². The van der Waals surface area contributed by atoms with Crippen molar-refractivity contribution in [2.75, 3.05) is 20.3 Å². The van der Waals surface area contributed by atoms with Crippen molar-refractivity contribution in [1.29, 1.82) is 0 Å². The molecule has 0 saturated carbocycles. The maximum atomic E-state index is 13.5. The Morgan fingerprint density at radius 2 is 1.86 bits per heavy atom. The summed E-state index contributed by atoms with van der Waals surface area (Å²) in [4.78, 5) is 18.4. The summed E-state index contributed by atoms with van der Waals surface area (Å²) in [7, 11) is 1.58. The van der Waals surface area contributed by atoms with Gasteiger partial charge in [0, 0.05) is 52.1 Å². The molecule has 1 heterocycles. The van der Waals surface area contributed by atoms with Crippen LogP contribution in [0, 0.1) is 0 Å². The zero-order valence-corrected chi connectivity index (χ0v) is 22.6. The molecule has 0 unspecified atom stereocenters. The third-order valence-corrected chi connectivity index (χ3v) is 6.98. The van der Waals surface area contributed by atoms with Gasteiger partial charge in [-0.1, -0.05) is 57.3 Å². The first kappa shape index (κ1) is 26.5. The lowest BCUT2D eigenvalue weighted by Crippen LogP contribution is -2.48. The standard InChI is InChI=1S/C27H25BrCl2N2O4/c1-31-26(34)27(16-17-3-7-19(28)8-4-17)24(22-12-9-20(29)15-23(22)30)36-25(32-27)18-5-10-21(11-6-18)35-14-2-13-33/h3-12,15,24,33H,2,13-14,16H2,1H3,(H,31,34)/t24-,27-/m1/s1. The van der Waals surface area contributed by atoms with Gasteiger partial charge in [-0.3, -0.25) is 4.79 Å². The number of ether oxygens (including phenoxy) is 2. The molecule has 0 aromatic heterocycles. The first-order valence-electron chi connectivity index (χ1n) is 11.4. The van der Waals surface area contributed by atoms with E-state index in [0.717, 1.165) is 10.0 Å². The minimum absolute atomic E-state index is 0.0668. The van der Waals surface area contributed by atoms with E-state index in [2.05, 4.69) is 21.2 Å². The Hall–Kier alpha value is -2.58. The van der Waals surface area contributed by atoms with Crippen LogP contribution in [0.25, 0.3) is 0 Å². The Kier molecular flexibility index (Phi) is 8.57. The average Bonchev–Trinajstić information content (AvgIpc) is 3.25. The van der Waals surface area contributed by atoms with Crippen molar-refractivity contribution in [1.82, 2.24) is 5.32 Å². The Morgan fingerprint density at radius 1 is 1.14 bits per heavy atom. The van der Waals surface area contributed by atoms with E-state index >= 15 is 0 Å². The summed E-state index contributed by atoms with van der Waals surface area (Å²) in [5.74, 6) is 0.699. The average molecular weight is 592 g/mol. The highest BCUT2D eigenvalue weighted by atomic mass is 79.9. The first-order valence-corrected chi connectivity index (χ1v) is 12.9. The largest absolute Gasteiger partial charge is 0.494 e. The molecular weight excluding hydrogens is 567 g/mol. The number of benzene rings is 3. The topological polar surface area (TPSA) is 80.2 Å². The second-order valence-corrected chi connectivity index (χ2v) is 10.1. The quantitative estimate of drug-likeness (QED) is 0.310. The van der Waals surface area contributed by atoms with E-state index in [4.69, 9.17) is 42.8 Å². The highest BCUT2D eigenvalue weighted by Gasteiger charge is 2.53. The molecule has 0 radical (unpaired) electrons. The third-order valence-electron chi connectivity index (χ3n) is 5.89. The maximum absolute atomic E-state index is 13.5. The fourth-order valence-corrected chi connectivity index (χ4v) is 4.88. The summed E-state index contributed by atoms with van der Waals surface area (Å²) in [6.45, 7) is 0.481.